The summed E-state index contributed by atoms with van der Waals surface area (Å²) in [6.45, 7) is 3.63. The van der Waals surface area contributed by atoms with Crippen molar-refractivity contribution < 1.29 is 23.9 Å². The summed E-state index contributed by atoms with van der Waals surface area (Å²) in [5, 5.41) is 15.5. The molecule has 0 aliphatic carbocycles. The van der Waals surface area contributed by atoms with Crippen LogP contribution in [0, 0.1) is 0 Å². The molecule has 180 valence electrons. The zero-order chi connectivity index (χ0) is 24.2. The number of aliphatic hydroxyl groups excluding tert-OH is 1. The van der Waals surface area contributed by atoms with Gasteiger partial charge in [0.05, 0.1) is 5.76 Å². The summed E-state index contributed by atoms with van der Waals surface area (Å²) < 4.78 is 5.64. The number of aryl methyl sites for hydroxylation is 2. The lowest BCUT2D eigenvalue weighted by molar-refractivity contribution is -0.121. The molecule has 2 aromatic rings. The predicted octanol–water partition coefficient (Wildman–Crippen LogP) is 2.15. The Bertz CT molecular complexity index is 1230. The van der Waals surface area contributed by atoms with Crippen LogP contribution in [0.3, 0.4) is 0 Å². The van der Waals surface area contributed by atoms with Gasteiger partial charge in [-0.05, 0) is 50.3 Å². The van der Waals surface area contributed by atoms with E-state index >= 15 is 0 Å². The number of nitrogens with one attached hydrogen (secondary N) is 2. The van der Waals surface area contributed by atoms with Crippen molar-refractivity contribution in [2.75, 3.05) is 31.1 Å². The molecule has 0 spiro atoms. The minimum atomic E-state index is -0.675. The Morgan fingerprint density at radius 2 is 1.82 bits per heavy atom. The fourth-order valence-corrected chi connectivity index (χ4v) is 4.71. The van der Waals surface area contributed by atoms with Gasteiger partial charge in [-0.25, -0.2) is 4.79 Å². The molecule has 0 unspecified atom stereocenters. The molecule has 1 aromatic heterocycles. The number of anilines is 1. The fourth-order valence-electron chi connectivity index (χ4n) is 4.71. The van der Waals surface area contributed by atoms with Crippen LogP contribution in [-0.2, 0) is 22.4 Å². The normalized spacial score (nSPS) is 15.1. The van der Waals surface area contributed by atoms with Crippen LogP contribution < -0.4 is 21.2 Å². The van der Waals surface area contributed by atoms with Crippen LogP contribution in [0.2, 0.25) is 0 Å². The Morgan fingerprint density at radius 3 is 2.59 bits per heavy atom. The maximum atomic E-state index is 12.6. The summed E-state index contributed by atoms with van der Waals surface area (Å²) in [4.78, 5) is 50.3. The number of rotatable bonds is 8. The lowest BCUT2D eigenvalue weighted by Crippen LogP contribution is -2.36. The lowest BCUT2D eigenvalue weighted by atomic mass is 9.90. The minimum absolute atomic E-state index is 0.0158. The van der Waals surface area contributed by atoms with Crippen LogP contribution in [0.15, 0.2) is 33.2 Å². The van der Waals surface area contributed by atoms with E-state index in [1.165, 1.54) is 18.2 Å². The molecule has 0 radical (unpaired) electrons. The van der Waals surface area contributed by atoms with E-state index in [1.54, 1.807) is 6.07 Å². The second kappa shape index (κ2) is 10.1. The second-order valence-electron chi connectivity index (χ2n) is 8.78. The Hall–Kier alpha value is -3.62. The highest BCUT2D eigenvalue weighted by molar-refractivity contribution is 5.98. The molecule has 2 amide bonds. The van der Waals surface area contributed by atoms with Crippen molar-refractivity contribution >= 4 is 34.3 Å². The van der Waals surface area contributed by atoms with E-state index in [0.29, 0.717) is 5.58 Å². The predicted molar refractivity (Wildman–Crippen MR) is 127 cm³/mol. The van der Waals surface area contributed by atoms with Gasteiger partial charge in [-0.2, -0.15) is 0 Å². The van der Waals surface area contributed by atoms with E-state index in [0.717, 1.165) is 55.8 Å². The number of hydrogen-bond acceptors (Lipinski definition) is 7. The number of fused-ring (bicyclic) bond motifs is 2. The first-order valence-electron chi connectivity index (χ1n) is 11.7. The first-order chi connectivity index (χ1) is 16.3. The van der Waals surface area contributed by atoms with E-state index in [9.17, 15) is 24.3 Å². The molecule has 0 saturated heterocycles. The monoisotopic (exact) mass is 467 g/mol. The first kappa shape index (κ1) is 23.5. The molecule has 0 bridgehead atoms. The zero-order valence-corrected chi connectivity index (χ0v) is 19.2. The van der Waals surface area contributed by atoms with Crippen LogP contribution in [0.1, 0.15) is 54.1 Å². The SMILES string of the molecule is CC(=O)/C=C(\O)CCC(=O)NCCNC(=O)c1cc2cc3c4c(c2oc1=O)CCCN4CCC3. The van der Waals surface area contributed by atoms with Gasteiger partial charge in [-0.15, -0.1) is 0 Å². The average Bonchev–Trinajstić information content (AvgIpc) is 2.80. The van der Waals surface area contributed by atoms with E-state index in [-0.39, 0.29) is 48.9 Å². The maximum absolute atomic E-state index is 12.6. The van der Waals surface area contributed by atoms with Crippen molar-refractivity contribution in [2.24, 2.45) is 0 Å². The highest BCUT2D eigenvalue weighted by Gasteiger charge is 2.27. The third kappa shape index (κ3) is 5.13. The molecule has 3 N–H and O–H groups in total. The molecule has 3 heterocycles. The van der Waals surface area contributed by atoms with Crippen molar-refractivity contribution in [1.29, 1.82) is 0 Å². The molecule has 9 nitrogen and oxygen atoms in total. The van der Waals surface area contributed by atoms with Crippen molar-refractivity contribution in [1.82, 2.24) is 10.6 Å². The van der Waals surface area contributed by atoms with E-state index in [2.05, 4.69) is 15.5 Å². The smallest absolute Gasteiger partial charge is 0.349 e. The molecule has 1 aromatic carbocycles. The van der Waals surface area contributed by atoms with E-state index in [4.69, 9.17) is 4.42 Å². The average molecular weight is 468 g/mol. The number of hydrogen-bond donors (Lipinski definition) is 3. The largest absolute Gasteiger partial charge is 0.512 e. The van der Waals surface area contributed by atoms with Gasteiger partial charge in [0.15, 0.2) is 5.78 Å². The maximum Gasteiger partial charge on any atom is 0.349 e. The summed E-state index contributed by atoms with van der Waals surface area (Å²) in [6.07, 6.45) is 5.06. The number of nitrogens with zero attached hydrogens (tertiary/aromatic N) is 1. The number of benzene rings is 1. The van der Waals surface area contributed by atoms with Crippen LogP contribution in [0.4, 0.5) is 5.69 Å². The quantitative estimate of drug-likeness (QED) is 0.235. The summed E-state index contributed by atoms with van der Waals surface area (Å²) in [7, 11) is 0. The van der Waals surface area contributed by atoms with E-state index in [1.807, 2.05) is 6.07 Å². The Kier molecular flexibility index (Phi) is 7.00. The van der Waals surface area contributed by atoms with Gasteiger partial charge in [0.25, 0.3) is 5.91 Å². The second-order valence-corrected chi connectivity index (χ2v) is 8.78. The van der Waals surface area contributed by atoms with Crippen LogP contribution >= 0.6 is 0 Å². The van der Waals surface area contributed by atoms with Gasteiger partial charge in [-0.3, -0.25) is 14.4 Å². The van der Waals surface area contributed by atoms with Gasteiger partial charge >= 0.3 is 5.63 Å². The third-order valence-electron chi connectivity index (χ3n) is 6.17. The highest BCUT2D eigenvalue weighted by atomic mass is 16.4. The number of aliphatic hydroxyl groups is 1. The Balaban J connectivity index is 1.38. The van der Waals surface area contributed by atoms with Crippen LogP contribution in [0.25, 0.3) is 11.0 Å². The summed E-state index contributed by atoms with van der Waals surface area (Å²) in [5.41, 5.74) is 3.34. The topological polar surface area (TPSA) is 129 Å². The molecule has 0 atom stereocenters. The number of allylic oxidation sites excluding steroid dienone is 2. The lowest BCUT2D eigenvalue weighted by Gasteiger charge is -2.37. The molecule has 0 fully saturated rings. The fraction of sp³-hybridized carbons (Fsp3) is 0.440. The molecular weight excluding hydrogens is 438 g/mol. The van der Waals surface area contributed by atoms with Crippen molar-refractivity contribution in [3.63, 3.8) is 0 Å². The molecule has 2 aliphatic rings. The number of amides is 2. The number of carbonyl (C=O) groups excluding carboxylic acids is 3. The molecule has 34 heavy (non-hydrogen) atoms. The molecule has 2 aliphatic heterocycles. The summed E-state index contributed by atoms with van der Waals surface area (Å²) >= 11 is 0. The third-order valence-corrected chi connectivity index (χ3v) is 6.17. The Morgan fingerprint density at radius 1 is 1.09 bits per heavy atom. The molecule has 0 saturated carbocycles. The van der Waals surface area contributed by atoms with Gasteiger partial charge in [0, 0.05) is 61.7 Å². The number of carbonyl (C=O) groups is 3. The van der Waals surface area contributed by atoms with Crippen molar-refractivity contribution in [2.45, 2.75) is 45.4 Å². The van der Waals surface area contributed by atoms with Crippen LogP contribution in [0.5, 0.6) is 0 Å². The van der Waals surface area contributed by atoms with Crippen molar-refractivity contribution in [3.05, 3.63) is 51.1 Å². The van der Waals surface area contributed by atoms with Gasteiger partial charge < -0.3 is 25.1 Å². The Labute approximate surface area is 196 Å². The van der Waals surface area contributed by atoms with Gasteiger partial charge in [-0.1, -0.05) is 0 Å². The summed E-state index contributed by atoms with van der Waals surface area (Å²) in [6, 6.07) is 3.63. The minimum Gasteiger partial charge on any atom is -0.512 e. The van der Waals surface area contributed by atoms with Gasteiger partial charge in [0.1, 0.15) is 11.1 Å². The molecule has 4 rings (SSSR count). The van der Waals surface area contributed by atoms with E-state index < -0.39 is 11.5 Å². The standard InChI is InChI=1S/C25H29N3O6/c1-15(29)12-18(30)6-7-21(31)26-8-9-27-24(32)20-14-17-13-16-4-2-10-28-11-3-5-19(22(16)28)23(17)34-25(20)33/h12-14,30H,2-11H2,1H3,(H,26,31)(H,27,32)/b18-12-. The summed E-state index contributed by atoms with van der Waals surface area (Å²) in [5.74, 6) is -1.32. The van der Waals surface area contributed by atoms with Crippen LogP contribution in [-0.4, -0.2) is 48.9 Å². The zero-order valence-electron chi connectivity index (χ0n) is 19.2. The number of ketones is 1. The molecule has 9 heteroatoms. The van der Waals surface area contributed by atoms with Crippen molar-refractivity contribution in [3.8, 4) is 0 Å². The first-order valence-corrected chi connectivity index (χ1v) is 11.7. The highest BCUT2D eigenvalue weighted by Crippen LogP contribution is 2.39. The molecular formula is C25H29N3O6. The van der Waals surface area contributed by atoms with Gasteiger partial charge in [0.2, 0.25) is 5.91 Å².